The minimum Gasteiger partial charge on any atom is -0.353 e. The van der Waals surface area contributed by atoms with Crippen molar-refractivity contribution in [3.05, 3.63) is 11.6 Å². The van der Waals surface area contributed by atoms with Crippen LogP contribution < -0.4 is 0 Å². The van der Waals surface area contributed by atoms with E-state index in [0.717, 1.165) is 44.9 Å². The Hall–Kier alpha value is -1.51. The minimum absolute atomic E-state index is 0.000869. The molecule has 1 heterocycles. The van der Waals surface area contributed by atoms with Crippen LogP contribution in [0.1, 0.15) is 128 Å². The summed E-state index contributed by atoms with van der Waals surface area (Å²) < 4.78 is 11.8. The van der Waals surface area contributed by atoms with Crippen molar-refractivity contribution in [2.45, 2.75) is 134 Å². The summed E-state index contributed by atoms with van der Waals surface area (Å²) in [7, 11) is 0. The van der Waals surface area contributed by atoms with Crippen molar-refractivity contribution in [1.82, 2.24) is 0 Å². The van der Waals surface area contributed by atoms with E-state index in [-0.39, 0.29) is 56.7 Å². The van der Waals surface area contributed by atoms with Gasteiger partial charge in [0.1, 0.15) is 18.6 Å². The zero-order valence-corrected chi connectivity index (χ0v) is 27.5. The molecule has 6 atom stereocenters. The van der Waals surface area contributed by atoms with Crippen molar-refractivity contribution >= 4 is 11.6 Å². The summed E-state index contributed by atoms with van der Waals surface area (Å²) in [4.78, 5) is 26.1. The van der Waals surface area contributed by atoms with E-state index in [9.17, 15) is 14.9 Å². The number of carbonyl (C=O) groups is 2. The Bertz CT molecular complexity index is 1040. The van der Waals surface area contributed by atoms with Gasteiger partial charge in [-0.05, 0) is 84.4 Å². The lowest BCUT2D eigenvalue weighted by molar-refractivity contribution is -0.156. The molecule has 2 fully saturated rings. The topological polar surface area (TPSA) is 76.4 Å². The maximum Gasteiger partial charge on any atom is 0.178 e. The van der Waals surface area contributed by atoms with Gasteiger partial charge in [0, 0.05) is 11.8 Å². The number of ether oxygens (including phenoxy) is 2. The largest absolute Gasteiger partial charge is 0.353 e. The fraction of sp³-hybridized carbons (Fsp3) is 0.857. The van der Waals surface area contributed by atoms with Gasteiger partial charge in [0.15, 0.2) is 5.78 Å². The van der Waals surface area contributed by atoms with E-state index in [4.69, 9.17) is 9.47 Å². The van der Waals surface area contributed by atoms with E-state index in [0.29, 0.717) is 19.8 Å². The summed E-state index contributed by atoms with van der Waals surface area (Å²) in [6.07, 6.45) is 9.84. The molecule has 2 aliphatic carbocycles. The third kappa shape index (κ3) is 5.87. The van der Waals surface area contributed by atoms with Crippen molar-refractivity contribution in [1.29, 1.82) is 5.26 Å². The van der Waals surface area contributed by atoms with Gasteiger partial charge in [0.05, 0.1) is 18.3 Å². The molecule has 0 aromatic carbocycles. The molecule has 3 aliphatic rings. The van der Waals surface area contributed by atoms with Gasteiger partial charge in [-0.3, -0.25) is 4.79 Å². The first-order valence-corrected chi connectivity index (χ1v) is 15.7. The molecular weight excluding hydrogens is 498 g/mol. The molecule has 0 spiro atoms. The Labute approximate surface area is 244 Å². The first kappa shape index (κ1) is 33.0. The molecule has 5 heteroatoms. The van der Waals surface area contributed by atoms with E-state index in [1.165, 1.54) is 0 Å². The van der Waals surface area contributed by atoms with E-state index in [2.05, 4.69) is 61.5 Å². The van der Waals surface area contributed by atoms with E-state index in [1.807, 2.05) is 19.9 Å². The van der Waals surface area contributed by atoms with Crippen molar-refractivity contribution in [3.8, 4) is 6.07 Å². The zero-order valence-electron chi connectivity index (χ0n) is 27.5. The molecular formula is C35H57NO4. The highest BCUT2D eigenvalue weighted by molar-refractivity contribution is 6.04. The second kappa shape index (κ2) is 11.3. The zero-order chi connectivity index (χ0) is 30.4. The first-order chi connectivity index (χ1) is 18.3. The number of nitrogens with zero attached hydrogens (tertiary/aromatic N) is 1. The average molecular weight is 556 g/mol. The first-order valence-electron chi connectivity index (χ1n) is 15.7. The molecule has 0 N–H and O–H groups in total. The van der Waals surface area contributed by atoms with E-state index < -0.39 is 10.8 Å². The van der Waals surface area contributed by atoms with Gasteiger partial charge in [-0.15, -0.1) is 0 Å². The molecule has 3 rings (SSSR count). The normalized spacial score (nSPS) is 34.0. The van der Waals surface area contributed by atoms with E-state index >= 15 is 0 Å². The van der Waals surface area contributed by atoms with Crippen molar-refractivity contribution in [3.63, 3.8) is 0 Å². The van der Waals surface area contributed by atoms with Crippen molar-refractivity contribution in [2.24, 2.45) is 44.3 Å². The van der Waals surface area contributed by atoms with Crippen LogP contribution in [0.15, 0.2) is 11.6 Å². The number of rotatable bonds is 11. The summed E-state index contributed by atoms with van der Waals surface area (Å²) in [6, 6.07) is 2.22. The average Bonchev–Trinajstić information content (AvgIpc) is 3.42. The van der Waals surface area contributed by atoms with Crippen LogP contribution in [0.3, 0.4) is 0 Å². The van der Waals surface area contributed by atoms with Gasteiger partial charge in [-0.25, -0.2) is 0 Å². The number of hydrogen-bond donors (Lipinski definition) is 0. The smallest absolute Gasteiger partial charge is 0.178 e. The van der Waals surface area contributed by atoms with Gasteiger partial charge >= 0.3 is 0 Å². The van der Waals surface area contributed by atoms with Crippen molar-refractivity contribution < 1.29 is 19.1 Å². The van der Waals surface area contributed by atoms with Crippen LogP contribution in [0.25, 0.3) is 0 Å². The van der Waals surface area contributed by atoms with Crippen LogP contribution in [-0.4, -0.2) is 31.1 Å². The quantitative estimate of drug-likeness (QED) is 0.255. The summed E-state index contributed by atoms with van der Waals surface area (Å²) in [5, 5.41) is 9.93. The third-order valence-electron chi connectivity index (χ3n) is 12.6. The highest BCUT2D eigenvalue weighted by Gasteiger charge is 2.63. The fourth-order valence-corrected chi connectivity index (χ4v) is 8.57. The highest BCUT2D eigenvalue weighted by atomic mass is 16.7. The summed E-state index contributed by atoms with van der Waals surface area (Å²) in [5.41, 5.74) is -0.695. The van der Waals surface area contributed by atoms with Crippen LogP contribution >= 0.6 is 0 Å². The van der Waals surface area contributed by atoms with Gasteiger partial charge in [0.25, 0.3) is 0 Å². The Balaban J connectivity index is 1.99. The molecule has 1 aliphatic heterocycles. The molecule has 1 unspecified atom stereocenters. The maximum atomic E-state index is 13.3. The summed E-state index contributed by atoms with van der Waals surface area (Å²) in [5.74, 6) is 0.270. The molecule has 5 nitrogen and oxygen atoms in total. The fourth-order valence-electron chi connectivity index (χ4n) is 8.57. The number of hydrogen-bond acceptors (Lipinski definition) is 5. The number of allylic oxidation sites excluding steroid dienone is 2. The van der Waals surface area contributed by atoms with Crippen LogP contribution in [0, 0.1) is 55.7 Å². The monoisotopic (exact) mass is 555 g/mol. The third-order valence-corrected chi connectivity index (χ3v) is 12.6. The van der Waals surface area contributed by atoms with Crippen molar-refractivity contribution in [2.75, 3.05) is 13.4 Å². The SMILES string of the molecule is CCC(C)(C)CC[C@@](C)(CCC(C)(C)[C@]1(C)CC[C@H]2C(C)(C)C(=O)C(C#N)=C[C@]2(C)[C@H]1CC(C)=O)C1COCO1. The van der Waals surface area contributed by atoms with Gasteiger partial charge in [-0.2, -0.15) is 5.26 Å². The molecule has 0 amide bonds. The van der Waals surface area contributed by atoms with Gasteiger partial charge < -0.3 is 14.3 Å². The molecule has 0 aromatic heterocycles. The Morgan fingerprint density at radius 2 is 1.70 bits per heavy atom. The van der Waals surface area contributed by atoms with Crippen LogP contribution in [-0.2, 0) is 19.1 Å². The van der Waals surface area contributed by atoms with E-state index in [1.54, 1.807) is 6.92 Å². The van der Waals surface area contributed by atoms with Crippen LogP contribution in [0.4, 0.5) is 0 Å². The number of carbonyl (C=O) groups excluding carboxylic acids is 2. The molecule has 0 radical (unpaired) electrons. The van der Waals surface area contributed by atoms with Gasteiger partial charge in [-0.1, -0.05) is 81.7 Å². The predicted octanol–water partition coefficient (Wildman–Crippen LogP) is 8.47. The van der Waals surface area contributed by atoms with Crippen LogP contribution in [0.2, 0.25) is 0 Å². The molecule has 40 heavy (non-hydrogen) atoms. The molecule has 0 aromatic rings. The molecule has 0 bridgehead atoms. The molecule has 226 valence electrons. The summed E-state index contributed by atoms with van der Waals surface area (Å²) >= 11 is 0. The predicted molar refractivity (Wildman–Crippen MR) is 160 cm³/mol. The maximum absolute atomic E-state index is 13.3. The number of fused-ring (bicyclic) bond motifs is 1. The summed E-state index contributed by atoms with van der Waals surface area (Å²) in [6.45, 7) is 25.5. The lowest BCUT2D eigenvalue weighted by Gasteiger charge is -2.64. The minimum atomic E-state index is -0.625. The van der Waals surface area contributed by atoms with Crippen LogP contribution in [0.5, 0.6) is 0 Å². The molecule has 1 saturated heterocycles. The van der Waals surface area contributed by atoms with Gasteiger partial charge in [0.2, 0.25) is 0 Å². The molecule has 1 saturated carbocycles. The second-order valence-electron chi connectivity index (χ2n) is 16.3. The Kier molecular flexibility index (Phi) is 9.31. The number of ketones is 2. The second-order valence-corrected chi connectivity index (χ2v) is 16.3. The standard InChI is InChI=1S/C35H57NO4/c1-12-30(3,4)15-17-33(9,28-22-39-23-40-28)18-16-31(5,6)35(11)14-13-26-32(7,8)29(38)25(21-36)20-34(26,10)27(35)19-24(2)37/h20,26-28H,12-19,22-23H2,1-11H3/t26-,27+,28?,33-,34-,35+/m0/s1. The lowest BCUT2D eigenvalue weighted by atomic mass is 9.39. The number of nitriles is 1. The highest BCUT2D eigenvalue weighted by Crippen LogP contribution is 2.68. The Morgan fingerprint density at radius 3 is 2.23 bits per heavy atom. The number of Topliss-reactive ketones (excluding diaryl/α,β-unsaturated/α-hetero) is 2. The Morgan fingerprint density at radius 1 is 1.07 bits per heavy atom. The lowest BCUT2D eigenvalue weighted by Crippen LogP contribution is -2.60.